The predicted octanol–water partition coefficient (Wildman–Crippen LogP) is 3.13. The van der Waals surface area contributed by atoms with Gasteiger partial charge in [0.05, 0.1) is 11.2 Å². The number of rotatable bonds is 7. The lowest BCUT2D eigenvalue weighted by Gasteiger charge is -2.16. The molecule has 1 amide bonds. The Morgan fingerprint density at radius 3 is 2.68 bits per heavy atom. The molecule has 0 radical (unpaired) electrons. The second-order valence-electron chi connectivity index (χ2n) is 6.09. The summed E-state index contributed by atoms with van der Waals surface area (Å²) in [7, 11) is 2.04. The number of carbonyl (C=O) groups excluding carboxylic acids is 1. The maximum atomic E-state index is 12.3. The van der Waals surface area contributed by atoms with Gasteiger partial charge in [0.1, 0.15) is 0 Å². The van der Waals surface area contributed by atoms with Gasteiger partial charge in [0.2, 0.25) is 5.91 Å². The molecule has 5 heteroatoms. The molecule has 0 unspecified atom stereocenters. The van der Waals surface area contributed by atoms with Gasteiger partial charge in [0, 0.05) is 43.5 Å². The number of carbonyl (C=O) groups is 1. The molecule has 0 aliphatic heterocycles. The molecule has 2 aromatic heterocycles. The van der Waals surface area contributed by atoms with Gasteiger partial charge >= 0.3 is 0 Å². The standard InChI is InChI=1S/C20H22N4O/c1-24(14-9-16-7-12-21-13-8-16)15-10-19(25)23-18-6-2-4-17-5-3-11-22-20(17)18/h2-8,11-13H,9-10,14-15H2,1H3,(H,23,25). The molecule has 3 aromatic rings. The Morgan fingerprint density at radius 1 is 1.04 bits per heavy atom. The fourth-order valence-electron chi connectivity index (χ4n) is 2.69. The Hall–Kier alpha value is -2.79. The molecule has 3 rings (SSSR count). The van der Waals surface area contributed by atoms with Crippen LogP contribution < -0.4 is 5.32 Å². The molecule has 0 atom stereocenters. The van der Waals surface area contributed by atoms with Crippen molar-refractivity contribution in [1.82, 2.24) is 14.9 Å². The third kappa shape index (κ3) is 4.84. The molecule has 2 heterocycles. The second kappa shape index (κ2) is 8.35. The van der Waals surface area contributed by atoms with Gasteiger partial charge in [0.25, 0.3) is 0 Å². The molecule has 0 aliphatic rings. The van der Waals surface area contributed by atoms with E-state index in [4.69, 9.17) is 0 Å². The summed E-state index contributed by atoms with van der Waals surface area (Å²) < 4.78 is 0. The molecule has 0 spiro atoms. The molecule has 0 saturated carbocycles. The Morgan fingerprint density at radius 2 is 1.84 bits per heavy atom. The quantitative estimate of drug-likeness (QED) is 0.721. The van der Waals surface area contributed by atoms with Crippen molar-refractivity contribution < 1.29 is 4.79 Å². The molecule has 0 fully saturated rings. The van der Waals surface area contributed by atoms with E-state index in [2.05, 4.69) is 20.2 Å². The number of nitrogens with zero attached hydrogens (tertiary/aromatic N) is 3. The van der Waals surface area contributed by atoms with E-state index in [1.165, 1.54) is 5.56 Å². The van der Waals surface area contributed by atoms with E-state index in [1.807, 2.05) is 49.5 Å². The van der Waals surface area contributed by atoms with E-state index in [9.17, 15) is 4.79 Å². The smallest absolute Gasteiger partial charge is 0.225 e. The highest BCUT2D eigenvalue weighted by atomic mass is 16.1. The number of pyridine rings is 2. The third-order valence-corrected chi connectivity index (χ3v) is 4.16. The summed E-state index contributed by atoms with van der Waals surface area (Å²) in [6.07, 6.45) is 6.76. The Kier molecular flexibility index (Phi) is 5.69. The molecule has 0 saturated heterocycles. The Bertz CT molecular complexity index is 830. The Balaban J connectivity index is 1.49. The second-order valence-corrected chi connectivity index (χ2v) is 6.09. The van der Waals surface area contributed by atoms with Gasteiger partial charge in [-0.25, -0.2) is 0 Å². The van der Waals surface area contributed by atoms with Crippen molar-refractivity contribution in [2.45, 2.75) is 12.8 Å². The molecule has 1 aromatic carbocycles. The summed E-state index contributed by atoms with van der Waals surface area (Å²) in [5.74, 6) is 0.00825. The number of benzene rings is 1. The summed E-state index contributed by atoms with van der Waals surface area (Å²) in [6.45, 7) is 1.63. The summed E-state index contributed by atoms with van der Waals surface area (Å²) in [5.41, 5.74) is 2.85. The average molecular weight is 334 g/mol. The van der Waals surface area contributed by atoms with Gasteiger partial charge in [0.15, 0.2) is 0 Å². The minimum atomic E-state index is 0.00825. The van der Waals surface area contributed by atoms with Crippen LogP contribution in [0.4, 0.5) is 5.69 Å². The minimum Gasteiger partial charge on any atom is -0.324 e. The lowest BCUT2D eigenvalue weighted by atomic mass is 10.2. The van der Waals surface area contributed by atoms with E-state index in [0.717, 1.165) is 36.1 Å². The average Bonchev–Trinajstić information content (AvgIpc) is 2.66. The first-order valence-electron chi connectivity index (χ1n) is 8.43. The van der Waals surface area contributed by atoms with Crippen LogP contribution in [0.2, 0.25) is 0 Å². The number of aromatic nitrogens is 2. The molecular formula is C20H22N4O. The highest BCUT2D eigenvalue weighted by molar-refractivity contribution is 6.00. The fourth-order valence-corrected chi connectivity index (χ4v) is 2.69. The number of nitrogens with one attached hydrogen (secondary N) is 1. The first kappa shape index (κ1) is 17.0. The SMILES string of the molecule is CN(CCC(=O)Nc1cccc2cccnc12)CCc1ccncc1. The van der Waals surface area contributed by atoms with Crippen LogP contribution in [-0.4, -0.2) is 40.9 Å². The van der Waals surface area contributed by atoms with Crippen molar-refractivity contribution in [3.8, 4) is 0 Å². The molecule has 5 nitrogen and oxygen atoms in total. The van der Waals surface area contributed by atoms with Crippen molar-refractivity contribution >= 4 is 22.5 Å². The van der Waals surface area contributed by atoms with Crippen molar-refractivity contribution in [1.29, 1.82) is 0 Å². The van der Waals surface area contributed by atoms with Crippen LogP contribution in [0.5, 0.6) is 0 Å². The van der Waals surface area contributed by atoms with Crippen LogP contribution in [0.25, 0.3) is 10.9 Å². The number of hydrogen-bond acceptors (Lipinski definition) is 4. The van der Waals surface area contributed by atoms with E-state index >= 15 is 0 Å². The maximum Gasteiger partial charge on any atom is 0.225 e. The molecule has 1 N–H and O–H groups in total. The summed E-state index contributed by atoms with van der Waals surface area (Å²) >= 11 is 0. The molecule has 0 aliphatic carbocycles. The van der Waals surface area contributed by atoms with Crippen molar-refractivity contribution in [3.05, 3.63) is 66.6 Å². The van der Waals surface area contributed by atoms with Crippen molar-refractivity contribution in [2.24, 2.45) is 0 Å². The summed E-state index contributed by atoms with van der Waals surface area (Å²) in [4.78, 5) is 22.8. The van der Waals surface area contributed by atoms with Crippen LogP contribution >= 0.6 is 0 Å². The van der Waals surface area contributed by atoms with Crippen LogP contribution in [0.3, 0.4) is 0 Å². The highest BCUT2D eigenvalue weighted by Crippen LogP contribution is 2.20. The molecular weight excluding hydrogens is 312 g/mol. The van der Waals surface area contributed by atoms with Gasteiger partial charge in [-0.15, -0.1) is 0 Å². The van der Waals surface area contributed by atoms with E-state index in [-0.39, 0.29) is 5.91 Å². The number of anilines is 1. The Labute approximate surface area is 147 Å². The van der Waals surface area contributed by atoms with Crippen LogP contribution in [0, 0.1) is 0 Å². The van der Waals surface area contributed by atoms with Crippen LogP contribution in [-0.2, 0) is 11.2 Å². The highest BCUT2D eigenvalue weighted by Gasteiger charge is 2.08. The number of amides is 1. The zero-order valence-electron chi connectivity index (χ0n) is 14.4. The molecule has 25 heavy (non-hydrogen) atoms. The normalized spacial score (nSPS) is 11.0. The van der Waals surface area contributed by atoms with E-state index < -0.39 is 0 Å². The predicted molar refractivity (Wildman–Crippen MR) is 100 cm³/mol. The van der Waals surface area contributed by atoms with Crippen LogP contribution in [0.1, 0.15) is 12.0 Å². The van der Waals surface area contributed by atoms with Crippen molar-refractivity contribution in [3.63, 3.8) is 0 Å². The first-order valence-corrected chi connectivity index (χ1v) is 8.43. The van der Waals surface area contributed by atoms with E-state index in [0.29, 0.717) is 6.42 Å². The van der Waals surface area contributed by atoms with Gasteiger partial charge in [-0.1, -0.05) is 18.2 Å². The number of likely N-dealkylation sites (N-methyl/N-ethyl adjacent to an activating group) is 1. The number of hydrogen-bond donors (Lipinski definition) is 1. The first-order chi connectivity index (χ1) is 12.2. The van der Waals surface area contributed by atoms with Gasteiger partial charge in [-0.2, -0.15) is 0 Å². The summed E-state index contributed by atoms with van der Waals surface area (Å²) in [5, 5.41) is 4.00. The number of para-hydroxylation sites is 1. The summed E-state index contributed by atoms with van der Waals surface area (Å²) in [6, 6.07) is 13.7. The zero-order valence-corrected chi connectivity index (χ0v) is 14.4. The minimum absolute atomic E-state index is 0.00825. The molecule has 0 bridgehead atoms. The maximum absolute atomic E-state index is 12.3. The van der Waals surface area contributed by atoms with Gasteiger partial charge in [-0.05, 0) is 43.3 Å². The topological polar surface area (TPSA) is 58.1 Å². The zero-order chi connectivity index (χ0) is 17.5. The third-order valence-electron chi connectivity index (χ3n) is 4.16. The van der Waals surface area contributed by atoms with Crippen molar-refractivity contribution in [2.75, 3.05) is 25.5 Å². The molecule has 128 valence electrons. The lowest BCUT2D eigenvalue weighted by molar-refractivity contribution is -0.116. The lowest BCUT2D eigenvalue weighted by Crippen LogP contribution is -2.26. The van der Waals surface area contributed by atoms with E-state index in [1.54, 1.807) is 18.6 Å². The monoisotopic (exact) mass is 334 g/mol. The fraction of sp³-hybridized carbons (Fsp3) is 0.250. The van der Waals surface area contributed by atoms with Crippen LogP contribution in [0.15, 0.2) is 61.1 Å². The van der Waals surface area contributed by atoms with Gasteiger partial charge < -0.3 is 10.2 Å². The largest absolute Gasteiger partial charge is 0.324 e. The van der Waals surface area contributed by atoms with Gasteiger partial charge in [-0.3, -0.25) is 14.8 Å². The number of fused-ring (bicyclic) bond motifs is 1.